The number of anilines is 1. The summed E-state index contributed by atoms with van der Waals surface area (Å²) in [6.45, 7) is 1.94. The summed E-state index contributed by atoms with van der Waals surface area (Å²) in [5.74, 6) is 0.670. The number of carbonyl (C=O) groups is 2. The normalized spacial score (nSPS) is 16.0. The molecular weight excluding hydrogens is 364 g/mol. The molecule has 0 bridgehead atoms. The standard InChI is InChI=1S/C23H30N4O2/c1-16(18-11-13-20(14-12-18)26-22(24)28)25-23(29)27-21(15-17-7-5-6-8-17)19-9-3-2-4-10-19/h2-4,9-14,16-17,21H,5-8,15H2,1H3,(H3,24,26,28)(H2,25,27,29). The van der Waals surface area contributed by atoms with E-state index in [2.05, 4.69) is 28.1 Å². The number of urea groups is 2. The number of nitrogens with two attached hydrogens (primary N) is 1. The molecule has 0 spiro atoms. The Kier molecular flexibility index (Phi) is 7.11. The van der Waals surface area contributed by atoms with Crippen molar-refractivity contribution < 1.29 is 9.59 Å². The molecule has 1 aliphatic rings. The van der Waals surface area contributed by atoms with Gasteiger partial charge in [-0.25, -0.2) is 9.59 Å². The number of rotatable bonds is 7. The number of carbonyl (C=O) groups excluding carboxylic acids is 2. The largest absolute Gasteiger partial charge is 0.351 e. The SMILES string of the molecule is CC(NC(=O)NC(CC1CCCC1)c1ccccc1)c1ccc(NC(N)=O)cc1. The highest BCUT2D eigenvalue weighted by molar-refractivity contribution is 5.87. The molecule has 0 saturated heterocycles. The van der Waals surface area contributed by atoms with Crippen LogP contribution in [0.1, 0.15) is 62.2 Å². The number of amides is 4. The molecule has 2 unspecified atom stereocenters. The second-order valence-electron chi connectivity index (χ2n) is 7.80. The summed E-state index contributed by atoms with van der Waals surface area (Å²) in [4.78, 5) is 23.6. The molecule has 1 saturated carbocycles. The van der Waals surface area contributed by atoms with Gasteiger partial charge in [0, 0.05) is 5.69 Å². The Morgan fingerprint density at radius 1 is 0.966 bits per heavy atom. The third kappa shape index (κ3) is 6.24. The van der Waals surface area contributed by atoms with E-state index in [0.29, 0.717) is 11.6 Å². The van der Waals surface area contributed by atoms with Crippen LogP contribution in [0.15, 0.2) is 54.6 Å². The van der Waals surface area contributed by atoms with Gasteiger partial charge in [-0.3, -0.25) is 0 Å². The molecule has 3 rings (SSSR count). The second-order valence-corrected chi connectivity index (χ2v) is 7.80. The average Bonchev–Trinajstić information content (AvgIpc) is 3.21. The first kappa shape index (κ1) is 20.7. The molecule has 4 amide bonds. The fourth-order valence-corrected chi connectivity index (χ4v) is 4.02. The Balaban J connectivity index is 1.60. The van der Waals surface area contributed by atoms with Crippen molar-refractivity contribution in [3.05, 3.63) is 65.7 Å². The minimum atomic E-state index is -0.600. The van der Waals surface area contributed by atoms with E-state index in [9.17, 15) is 9.59 Å². The Hall–Kier alpha value is -3.02. The predicted molar refractivity (Wildman–Crippen MR) is 115 cm³/mol. The van der Waals surface area contributed by atoms with Gasteiger partial charge in [0.2, 0.25) is 0 Å². The van der Waals surface area contributed by atoms with Crippen LogP contribution in [-0.2, 0) is 0 Å². The zero-order valence-corrected chi connectivity index (χ0v) is 16.9. The number of nitrogens with one attached hydrogen (secondary N) is 3. The van der Waals surface area contributed by atoms with Crippen LogP contribution in [0.5, 0.6) is 0 Å². The van der Waals surface area contributed by atoms with Crippen LogP contribution in [0.3, 0.4) is 0 Å². The molecule has 2 atom stereocenters. The molecule has 0 heterocycles. The van der Waals surface area contributed by atoms with E-state index in [1.54, 1.807) is 12.1 Å². The molecule has 5 N–H and O–H groups in total. The zero-order valence-electron chi connectivity index (χ0n) is 16.9. The number of hydrogen-bond donors (Lipinski definition) is 4. The van der Waals surface area contributed by atoms with Crippen molar-refractivity contribution in [1.82, 2.24) is 10.6 Å². The molecule has 1 aliphatic carbocycles. The van der Waals surface area contributed by atoms with Crippen LogP contribution in [-0.4, -0.2) is 12.1 Å². The summed E-state index contributed by atoms with van der Waals surface area (Å²) in [6.07, 6.45) is 6.04. The van der Waals surface area contributed by atoms with Gasteiger partial charge in [0.1, 0.15) is 0 Å². The maximum absolute atomic E-state index is 12.7. The molecule has 154 valence electrons. The molecule has 0 aromatic heterocycles. The quantitative estimate of drug-likeness (QED) is 0.539. The second kappa shape index (κ2) is 9.96. The smallest absolute Gasteiger partial charge is 0.316 e. The first-order chi connectivity index (χ1) is 14.0. The average molecular weight is 395 g/mol. The minimum absolute atomic E-state index is 0.00800. The molecule has 6 nitrogen and oxygen atoms in total. The van der Waals surface area contributed by atoms with Gasteiger partial charge < -0.3 is 21.7 Å². The van der Waals surface area contributed by atoms with E-state index in [0.717, 1.165) is 17.5 Å². The van der Waals surface area contributed by atoms with Gasteiger partial charge in [0.15, 0.2) is 0 Å². The van der Waals surface area contributed by atoms with Crippen molar-refractivity contribution in [2.24, 2.45) is 11.7 Å². The summed E-state index contributed by atoms with van der Waals surface area (Å²) in [5.41, 5.74) is 7.84. The van der Waals surface area contributed by atoms with Crippen molar-refractivity contribution in [2.75, 3.05) is 5.32 Å². The molecule has 0 aliphatic heterocycles. The highest BCUT2D eigenvalue weighted by Gasteiger charge is 2.23. The van der Waals surface area contributed by atoms with Crippen LogP contribution in [0, 0.1) is 5.92 Å². The van der Waals surface area contributed by atoms with Crippen LogP contribution in [0.4, 0.5) is 15.3 Å². The van der Waals surface area contributed by atoms with E-state index >= 15 is 0 Å². The summed E-state index contributed by atoms with van der Waals surface area (Å²) in [5, 5.41) is 8.72. The van der Waals surface area contributed by atoms with Crippen LogP contribution in [0.25, 0.3) is 0 Å². The van der Waals surface area contributed by atoms with Gasteiger partial charge in [-0.2, -0.15) is 0 Å². The fraction of sp³-hybridized carbons (Fsp3) is 0.391. The van der Waals surface area contributed by atoms with Crippen molar-refractivity contribution in [1.29, 1.82) is 0 Å². The lowest BCUT2D eigenvalue weighted by Crippen LogP contribution is -2.39. The maximum atomic E-state index is 12.7. The van der Waals surface area contributed by atoms with Gasteiger partial charge in [-0.05, 0) is 42.5 Å². The van der Waals surface area contributed by atoms with Gasteiger partial charge in [-0.15, -0.1) is 0 Å². The number of benzene rings is 2. The molecule has 2 aromatic carbocycles. The topological polar surface area (TPSA) is 96.2 Å². The van der Waals surface area contributed by atoms with Crippen molar-refractivity contribution in [2.45, 2.75) is 51.1 Å². The molecular formula is C23H30N4O2. The molecule has 29 heavy (non-hydrogen) atoms. The van der Waals surface area contributed by atoms with Gasteiger partial charge >= 0.3 is 12.1 Å². The summed E-state index contributed by atoms with van der Waals surface area (Å²) >= 11 is 0. The highest BCUT2D eigenvalue weighted by Crippen LogP contribution is 2.33. The Morgan fingerprint density at radius 2 is 1.62 bits per heavy atom. The van der Waals surface area contributed by atoms with Crippen LogP contribution >= 0.6 is 0 Å². The van der Waals surface area contributed by atoms with Crippen molar-refractivity contribution in [3.63, 3.8) is 0 Å². The first-order valence-corrected chi connectivity index (χ1v) is 10.3. The van der Waals surface area contributed by atoms with Crippen LogP contribution < -0.4 is 21.7 Å². The fourth-order valence-electron chi connectivity index (χ4n) is 4.02. The monoisotopic (exact) mass is 394 g/mol. The third-order valence-corrected chi connectivity index (χ3v) is 5.58. The number of primary amides is 1. The lowest BCUT2D eigenvalue weighted by Gasteiger charge is -2.24. The maximum Gasteiger partial charge on any atom is 0.316 e. The Labute approximate surface area is 172 Å². The lowest BCUT2D eigenvalue weighted by atomic mass is 9.93. The van der Waals surface area contributed by atoms with E-state index in [-0.39, 0.29) is 18.1 Å². The highest BCUT2D eigenvalue weighted by atomic mass is 16.2. The van der Waals surface area contributed by atoms with Crippen molar-refractivity contribution >= 4 is 17.7 Å². The summed E-state index contributed by atoms with van der Waals surface area (Å²) in [7, 11) is 0. The molecule has 0 radical (unpaired) electrons. The Morgan fingerprint density at radius 3 is 2.24 bits per heavy atom. The van der Waals surface area contributed by atoms with Crippen molar-refractivity contribution in [3.8, 4) is 0 Å². The van der Waals surface area contributed by atoms with E-state index in [1.165, 1.54) is 25.7 Å². The van der Waals surface area contributed by atoms with Gasteiger partial charge in [0.05, 0.1) is 12.1 Å². The first-order valence-electron chi connectivity index (χ1n) is 10.3. The van der Waals surface area contributed by atoms with E-state index < -0.39 is 6.03 Å². The Bertz CT molecular complexity index is 801. The predicted octanol–water partition coefficient (Wildman–Crippen LogP) is 4.86. The third-order valence-electron chi connectivity index (χ3n) is 5.58. The van der Waals surface area contributed by atoms with Gasteiger partial charge in [-0.1, -0.05) is 68.1 Å². The lowest BCUT2D eigenvalue weighted by molar-refractivity contribution is 0.231. The number of hydrogen-bond acceptors (Lipinski definition) is 2. The van der Waals surface area contributed by atoms with Gasteiger partial charge in [0.25, 0.3) is 0 Å². The molecule has 6 heteroatoms. The van der Waals surface area contributed by atoms with Crippen LogP contribution in [0.2, 0.25) is 0 Å². The minimum Gasteiger partial charge on any atom is -0.351 e. The molecule has 2 aromatic rings. The zero-order chi connectivity index (χ0) is 20.6. The van der Waals surface area contributed by atoms with E-state index in [1.807, 2.05) is 37.3 Å². The summed E-state index contributed by atoms with van der Waals surface area (Å²) in [6, 6.07) is 16.5. The molecule has 1 fully saturated rings. The van der Waals surface area contributed by atoms with E-state index in [4.69, 9.17) is 5.73 Å². The summed E-state index contributed by atoms with van der Waals surface area (Å²) < 4.78 is 0.